The van der Waals surface area contributed by atoms with Gasteiger partial charge in [-0.05, 0) is 32.6 Å². The Bertz CT molecular complexity index is 121. The molecule has 0 heterocycles. The maximum atomic E-state index is 5.54. The molecule has 0 aromatic heterocycles. The molecule has 0 bridgehead atoms. The molecule has 1 unspecified atom stereocenters. The number of nitrogens with two attached hydrogens (primary N) is 1. The number of rotatable bonds is 8. The van der Waals surface area contributed by atoms with Crippen LogP contribution in [0.3, 0.4) is 0 Å². The van der Waals surface area contributed by atoms with Crippen molar-refractivity contribution < 1.29 is 4.74 Å². The fourth-order valence-electron chi connectivity index (χ4n) is 1.02. The van der Waals surface area contributed by atoms with Gasteiger partial charge in [0.2, 0.25) is 0 Å². The van der Waals surface area contributed by atoms with Crippen molar-refractivity contribution in [2.24, 2.45) is 5.73 Å². The average Bonchev–Trinajstić information content (AvgIpc) is 2.09. The van der Waals surface area contributed by atoms with Crippen molar-refractivity contribution >= 4 is 0 Å². The van der Waals surface area contributed by atoms with E-state index < -0.39 is 0 Å². The lowest BCUT2D eigenvalue weighted by atomic mass is 10.2. The van der Waals surface area contributed by atoms with Gasteiger partial charge in [-0.25, -0.2) is 0 Å². The number of hydrogen-bond acceptors (Lipinski definition) is 2. The van der Waals surface area contributed by atoms with Crippen LogP contribution in [0.5, 0.6) is 0 Å². The van der Waals surface area contributed by atoms with Gasteiger partial charge < -0.3 is 10.5 Å². The van der Waals surface area contributed by atoms with Gasteiger partial charge in [0.05, 0.1) is 6.61 Å². The SMILES string of the molecule is CC/C=C\CCCCOCC(C)N. The van der Waals surface area contributed by atoms with Crippen LogP contribution in [0.1, 0.15) is 39.5 Å². The molecule has 0 aromatic carbocycles. The summed E-state index contributed by atoms with van der Waals surface area (Å²) >= 11 is 0. The van der Waals surface area contributed by atoms with E-state index in [1.807, 2.05) is 6.92 Å². The highest BCUT2D eigenvalue weighted by Gasteiger charge is 1.92. The van der Waals surface area contributed by atoms with Gasteiger partial charge in [0.1, 0.15) is 0 Å². The average molecular weight is 185 g/mol. The standard InChI is InChI=1S/C11H23NO/c1-3-4-5-6-7-8-9-13-10-11(2)12/h4-5,11H,3,6-10,12H2,1-2H3/b5-4-. The minimum absolute atomic E-state index is 0.167. The predicted molar refractivity (Wildman–Crippen MR) is 57.8 cm³/mol. The summed E-state index contributed by atoms with van der Waals surface area (Å²) in [6.07, 6.45) is 9.13. The molecule has 0 rings (SSSR count). The van der Waals surface area contributed by atoms with E-state index in [9.17, 15) is 0 Å². The van der Waals surface area contributed by atoms with Crippen molar-refractivity contribution in [2.75, 3.05) is 13.2 Å². The second kappa shape index (κ2) is 9.75. The third-order valence-electron chi connectivity index (χ3n) is 1.69. The Kier molecular flexibility index (Phi) is 9.49. The Labute approximate surface area is 82.2 Å². The third kappa shape index (κ3) is 11.7. The molecule has 0 amide bonds. The van der Waals surface area contributed by atoms with E-state index >= 15 is 0 Å². The molecule has 0 saturated heterocycles. The first kappa shape index (κ1) is 12.7. The van der Waals surface area contributed by atoms with Crippen molar-refractivity contribution in [1.82, 2.24) is 0 Å². The normalized spacial score (nSPS) is 13.8. The number of unbranched alkanes of at least 4 members (excludes halogenated alkanes) is 2. The Balaban J connectivity index is 2.95. The zero-order chi connectivity index (χ0) is 9.94. The Hall–Kier alpha value is -0.340. The van der Waals surface area contributed by atoms with Gasteiger partial charge in [0.25, 0.3) is 0 Å². The first-order chi connectivity index (χ1) is 6.27. The molecule has 78 valence electrons. The summed E-state index contributed by atoms with van der Waals surface area (Å²) in [4.78, 5) is 0. The van der Waals surface area contributed by atoms with E-state index in [-0.39, 0.29) is 6.04 Å². The lowest BCUT2D eigenvalue weighted by Crippen LogP contribution is -2.22. The first-order valence-electron chi connectivity index (χ1n) is 5.25. The maximum Gasteiger partial charge on any atom is 0.0614 e. The third-order valence-corrected chi connectivity index (χ3v) is 1.69. The summed E-state index contributed by atoms with van der Waals surface area (Å²) in [7, 11) is 0. The molecular weight excluding hydrogens is 162 g/mol. The Morgan fingerprint density at radius 2 is 2.08 bits per heavy atom. The van der Waals surface area contributed by atoms with Crippen LogP contribution in [0.25, 0.3) is 0 Å². The highest BCUT2D eigenvalue weighted by molar-refractivity contribution is 4.79. The van der Waals surface area contributed by atoms with Gasteiger partial charge >= 0.3 is 0 Å². The second-order valence-electron chi connectivity index (χ2n) is 3.43. The van der Waals surface area contributed by atoms with Crippen molar-refractivity contribution in [3.05, 3.63) is 12.2 Å². The van der Waals surface area contributed by atoms with E-state index in [2.05, 4.69) is 19.1 Å². The van der Waals surface area contributed by atoms with Gasteiger partial charge in [-0.1, -0.05) is 19.1 Å². The zero-order valence-electron chi connectivity index (χ0n) is 8.96. The Morgan fingerprint density at radius 3 is 2.69 bits per heavy atom. The first-order valence-corrected chi connectivity index (χ1v) is 5.25. The van der Waals surface area contributed by atoms with Gasteiger partial charge in [-0.2, -0.15) is 0 Å². The van der Waals surface area contributed by atoms with Crippen molar-refractivity contribution in [2.45, 2.75) is 45.6 Å². The number of hydrogen-bond donors (Lipinski definition) is 1. The topological polar surface area (TPSA) is 35.2 Å². The summed E-state index contributed by atoms with van der Waals surface area (Å²) in [5.41, 5.74) is 5.54. The molecule has 0 aliphatic heterocycles. The smallest absolute Gasteiger partial charge is 0.0614 e. The van der Waals surface area contributed by atoms with Crippen molar-refractivity contribution in [1.29, 1.82) is 0 Å². The second-order valence-corrected chi connectivity index (χ2v) is 3.43. The van der Waals surface area contributed by atoms with Crippen LogP contribution in [0.4, 0.5) is 0 Å². The van der Waals surface area contributed by atoms with E-state index in [4.69, 9.17) is 10.5 Å². The quantitative estimate of drug-likeness (QED) is 0.466. The zero-order valence-corrected chi connectivity index (χ0v) is 8.96. The van der Waals surface area contributed by atoms with Crippen LogP contribution in [0.15, 0.2) is 12.2 Å². The molecule has 2 heteroatoms. The molecule has 0 radical (unpaired) electrons. The van der Waals surface area contributed by atoms with Gasteiger partial charge in [0.15, 0.2) is 0 Å². The van der Waals surface area contributed by atoms with E-state index in [1.165, 1.54) is 12.8 Å². The van der Waals surface area contributed by atoms with Crippen molar-refractivity contribution in [3.8, 4) is 0 Å². The lowest BCUT2D eigenvalue weighted by molar-refractivity contribution is 0.121. The summed E-state index contributed by atoms with van der Waals surface area (Å²) in [5.74, 6) is 0. The largest absolute Gasteiger partial charge is 0.380 e. The molecule has 0 aromatic rings. The van der Waals surface area contributed by atoms with Gasteiger partial charge in [-0.15, -0.1) is 0 Å². The Morgan fingerprint density at radius 1 is 1.31 bits per heavy atom. The number of allylic oxidation sites excluding steroid dienone is 2. The van der Waals surface area contributed by atoms with Crippen LogP contribution < -0.4 is 5.73 Å². The molecule has 2 N–H and O–H groups in total. The van der Waals surface area contributed by atoms with Crippen LogP contribution in [-0.4, -0.2) is 19.3 Å². The molecular formula is C11H23NO. The van der Waals surface area contributed by atoms with E-state index in [1.54, 1.807) is 0 Å². The fraction of sp³-hybridized carbons (Fsp3) is 0.818. The van der Waals surface area contributed by atoms with E-state index in [0.717, 1.165) is 19.4 Å². The number of ether oxygens (including phenoxy) is 1. The molecule has 0 saturated carbocycles. The van der Waals surface area contributed by atoms with Gasteiger partial charge in [-0.3, -0.25) is 0 Å². The monoisotopic (exact) mass is 185 g/mol. The van der Waals surface area contributed by atoms with E-state index in [0.29, 0.717) is 6.61 Å². The molecule has 0 aliphatic rings. The minimum Gasteiger partial charge on any atom is -0.380 e. The molecule has 1 atom stereocenters. The minimum atomic E-state index is 0.167. The molecule has 13 heavy (non-hydrogen) atoms. The summed E-state index contributed by atoms with van der Waals surface area (Å²) in [6, 6.07) is 0.167. The summed E-state index contributed by atoms with van der Waals surface area (Å²) < 4.78 is 5.35. The van der Waals surface area contributed by atoms with Crippen LogP contribution >= 0.6 is 0 Å². The molecule has 0 fully saturated rings. The highest BCUT2D eigenvalue weighted by atomic mass is 16.5. The van der Waals surface area contributed by atoms with Crippen molar-refractivity contribution in [3.63, 3.8) is 0 Å². The van der Waals surface area contributed by atoms with Crippen LogP contribution in [-0.2, 0) is 4.74 Å². The maximum absolute atomic E-state index is 5.54. The molecule has 0 spiro atoms. The van der Waals surface area contributed by atoms with Crippen LogP contribution in [0.2, 0.25) is 0 Å². The van der Waals surface area contributed by atoms with Gasteiger partial charge in [0, 0.05) is 12.6 Å². The fourth-order valence-corrected chi connectivity index (χ4v) is 1.02. The molecule has 2 nitrogen and oxygen atoms in total. The summed E-state index contributed by atoms with van der Waals surface area (Å²) in [5, 5.41) is 0. The highest BCUT2D eigenvalue weighted by Crippen LogP contribution is 1.98. The lowest BCUT2D eigenvalue weighted by Gasteiger charge is -2.05. The summed E-state index contributed by atoms with van der Waals surface area (Å²) in [6.45, 7) is 5.65. The van der Waals surface area contributed by atoms with Crippen LogP contribution in [0, 0.1) is 0 Å². The molecule has 0 aliphatic carbocycles. The predicted octanol–water partition coefficient (Wildman–Crippen LogP) is 2.49.